The molecule has 0 bridgehead atoms. The number of hydrogen-bond acceptors (Lipinski definition) is 2. The lowest BCUT2D eigenvalue weighted by molar-refractivity contribution is 0.114. The van der Waals surface area contributed by atoms with E-state index in [-0.39, 0.29) is 0 Å². The van der Waals surface area contributed by atoms with Gasteiger partial charge in [0, 0.05) is 6.54 Å². The molecule has 15 heavy (non-hydrogen) atoms. The van der Waals surface area contributed by atoms with Gasteiger partial charge in [0.25, 0.3) is 0 Å². The van der Waals surface area contributed by atoms with Crippen LogP contribution in [0.1, 0.15) is 39.5 Å². The molecule has 2 nitrogen and oxygen atoms in total. The Morgan fingerprint density at radius 3 is 2.53 bits per heavy atom. The number of nitrogens with zero attached hydrogens (tertiary/aromatic N) is 1. The molecule has 2 heteroatoms. The molecule has 1 N–H and O–H groups in total. The van der Waals surface area contributed by atoms with Gasteiger partial charge in [-0.2, -0.15) is 0 Å². The van der Waals surface area contributed by atoms with Gasteiger partial charge < -0.3 is 10.2 Å². The van der Waals surface area contributed by atoms with Crippen LogP contribution in [0.4, 0.5) is 0 Å². The van der Waals surface area contributed by atoms with Crippen molar-refractivity contribution in [2.24, 2.45) is 11.3 Å². The van der Waals surface area contributed by atoms with E-state index in [0.717, 1.165) is 5.92 Å². The van der Waals surface area contributed by atoms with Gasteiger partial charge in [0.1, 0.15) is 0 Å². The summed E-state index contributed by atoms with van der Waals surface area (Å²) in [5.41, 5.74) is 0.498. The summed E-state index contributed by atoms with van der Waals surface area (Å²) in [6.45, 7) is 11.4. The lowest BCUT2D eigenvalue weighted by Crippen LogP contribution is -2.44. The first-order chi connectivity index (χ1) is 7.18. The first-order valence-corrected chi connectivity index (χ1v) is 6.61. The lowest BCUT2D eigenvalue weighted by atomic mass is 9.74. The van der Waals surface area contributed by atoms with Gasteiger partial charge in [-0.1, -0.05) is 13.8 Å². The van der Waals surface area contributed by atoms with E-state index >= 15 is 0 Å². The molecular formula is C13H26N2. The molecule has 2 aliphatic rings. The summed E-state index contributed by atoms with van der Waals surface area (Å²) in [4.78, 5) is 2.66. The van der Waals surface area contributed by atoms with E-state index in [1.54, 1.807) is 0 Å². The minimum Gasteiger partial charge on any atom is -0.316 e. The van der Waals surface area contributed by atoms with Gasteiger partial charge in [0.2, 0.25) is 0 Å². The molecule has 2 fully saturated rings. The maximum absolute atomic E-state index is 3.55. The molecule has 0 aromatic heterocycles. The normalized spacial score (nSPS) is 29.6. The molecule has 1 unspecified atom stereocenters. The van der Waals surface area contributed by atoms with E-state index in [2.05, 4.69) is 24.1 Å². The molecule has 0 spiro atoms. The average molecular weight is 210 g/mol. The highest BCUT2D eigenvalue weighted by Crippen LogP contribution is 2.33. The third-order valence-electron chi connectivity index (χ3n) is 4.23. The highest BCUT2D eigenvalue weighted by atomic mass is 15.1. The number of piperidine rings is 1. The Labute approximate surface area is 94.4 Å². The van der Waals surface area contributed by atoms with Crippen molar-refractivity contribution in [2.75, 3.05) is 32.7 Å². The van der Waals surface area contributed by atoms with Crippen molar-refractivity contribution >= 4 is 0 Å². The topological polar surface area (TPSA) is 15.3 Å². The lowest BCUT2D eigenvalue weighted by Gasteiger charge is -2.39. The van der Waals surface area contributed by atoms with Gasteiger partial charge in [-0.15, -0.1) is 0 Å². The fraction of sp³-hybridized carbons (Fsp3) is 1.00. The van der Waals surface area contributed by atoms with Crippen LogP contribution in [-0.4, -0.2) is 37.6 Å². The zero-order valence-corrected chi connectivity index (χ0v) is 10.4. The SMILES string of the molecule is CC(C)(CN1CCCC1)C1CCCNC1. The first-order valence-electron chi connectivity index (χ1n) is 6.61. The van der Waals surface area contributed by atoms with Crippen molar-refractivity contribution in [2.45, 2.75) is 39.5 Å². The maximum atomic E-state index is 3.55. The average Bonchev–Trinajstić information content (AvgIpc) is 2.71. The Morgan fingerprint density at radius 2 is 1.93 bits per heavy atom. The monoisotopic (exact) mass is 210 g/mol. The van der Waals surface area contributed by atoms with Crippen molar-refractivity contribution < 1.29 is 0 Å². The summed E-state index contributed by atoms with van der Waals surface area (Å²) in [6.07, 6.45) is 5.62. The van der Waals surface area contributed by atoms with Crippen molar-refractivity contribution in [3.63, 3.8) is 0 Å². The molecule has 2 saturated heterocycles. The van der Waals surface area contributed by atoms with Crippen LogP contribution in [0.2, 0.25) is 0 Å². The summed E-state index contributed by atoms with van der Waals surface area (Å²) in [5, 5.41) is 3.55. The Hall–Kier alpha value is -0.0800. The van der Waals surface area contributed by atoms with Crippen molar-refractivity contribution in [3.8, 4) is 0 Å². The summed E-state index contributed by atoms with van der Waals surface area (Å²) in [5.74, 6) is 0.881. The molecule has 0 radical (unpaired) electrons. The predicted molar refractivity (Wildman–Crippen MR) is 65.0 cm³/mol. The smallest absolute Gasteiger partial charge is 0.00358 e. The van der Waals surface area contributed by atoms with Crippen LogP contribution >= 0.6 is 0 Å². The molecule has 88 valence electrons. The van der Waals surface area contributed by atoms with Crippen molar-refractivity contribution in [1.29, 1.82) is 0 Å². The third kappa shape index (κ3) is 2.94. The summed E-state index contributed by atoms with van der Waals surface area (Å²) >= 11 is 0. The van der Waals surface area contributed by atoms with Gasteiger partial charge >= 0.3 is 0 Å². The Kier molecular flexibility index (Phi) is 3.68. The van der Waals surface area contributed by atoms with Crippen molar-refractivity contribution in [1.82, 2.24) is 10.2 Å². The number of hydrogen-bond donors (Lipinski definition) is 1. The molecule has 2 rings (SSSR count). The fourth-order valence-electron chi connectivity index (χ4n) is 3.16. The maximum Gasteiger partial charge on any atom is 0.00358 e. The van der Waals surface area contributed by atoms with Gasteiger partial charge in [-0.25, -0.2) is 0 Å². The minimum absolute atomic E-state index is 0.498. The van der Waals surface area contributed by atoms with Crippen LogP contribution < -0.4 is 5.32 Å². The van der Waals surface area contributed by atoms with Gasteiger partial charge in [0.05, 0.1) is 0 Å². The quantitative estimate of drug-likeness (QED) is 0.767. The van der Waals surface area contributed by atoms with E-state index in [4.69, 9.17) is 0 Å². The second-order valence-corrected chi connectivity index (χ2v) is 6.02. The molecule has 0 saturated carbocycles. The highest BCUT2D eigenvalue weighted by Gasteiger charge is 2.32. The van der Waals surface area contributed by atoms with Crippen LogP contribution in [0.15, 0.2) is 0 Å². The second-order valence-electron chi connectivity index (χ2n) is 6.02. The molecule has 0 amide bonds. The Bertz CT molecular complexity index is 189. The van der Waals surface area contributed by atoms with Crippen LogP contribution in [0.3, 0.4) is 0 Å². The van der Waals surface area contributed by atoms with Gasteiger partial charge in [0.15, 0.2) is 0 Å². The van der Waals surface area contributed by atoms with E-state index in [0.29, 0.717) is 5.41 Å². The highest BCUT2D eigenvalue weighted by molar-refractivity contribution is 4.86. The second kappa shape index (κ2) is 4.84. The number of rotatable bonds is 3. The van der Waals surface area contributed by atoms with Gasteiger partial charge in [-0.05, 0) is 63.2 Å². The molecule has 2 heterocycles. The van der Waals surface area contributed by atoms with Crippen molar-refractivity contribution in [3.05, 3.63) is 0 Å². The zero-order chi connectivity index (χ0) is 10.7. The predicted octanol–water partition coefficient (Wildman–Crippen LogP) is 2.11. The standard InChI is InChI=1S/C13H26N2/c1-13(2,11-15-8-3-4-9-15)12-6-5-7-14-10-12/h12,14H,3-11H2,1-2H3. The summed E-state index contributed by atoms with van der Waals surface area (Å²) < 4.78 is 0. The Balaban J connectivity index is 1.86. The van der Waals surface area contributed by atoms with Crippen LogP contribution in [0.25, 0.3) is 0 Å². The van der Waals surface area contributed by atoms with Gasteiger partial charge in [-0.3, -0.25) is 0 Å². The summed E-state index contributed by atoms with van der Waals surface area (Å²) in [7, 11) is 0. The molecule has 0 aromatic carbocycles. The third-order valence-corrected chi connectivity index (χ3v) is 4.23. The molecule has 2 aliphatic heterocycles. The molecular weight excluding hydrogens is 184 g/mol. The van der Waals surface area contributed by atoms with E-state index < -0.39 is 0 Å². The summed E-state index contributed by atoms with van der Waals surface area (Å²) in [6, 6.07) is 0. The number of nitrogens with one attached hydrogen (secondary N) is 1. The minimum atomic E-state index is 0.498. The molecule has 0 aromatic rings. The van der Waals surface area contributed by atoms with Crippen LogP contribution in [-0.2, 0) is 0 Å². The van der Waals surface area contributed by atoms with E-state index in [9.17, 15) is 0 Å². The Morgan fingerprint density at radius 1 is 1.20 bits per heavy atom. The van der Waals surface area contributed by atoms with E-state index in [1.807, 2.05) is 0 Å². The van der Waals surface area contributed by atoms with Crippen LogP contribution in [0, 0.1) is 11.3 Å². The largest absolute Gasteiger partial charge is 0.316 e. The first kappa shape index (κ1) is 11.4. The molecule has 0 aliphatic carbocycles. The number of likely N-dealkylation sites (tertiary alicyclic amines) is 1. The van der Waals surface area contributed by atoms with E-state index in [1.165, 1.54) is 58.4 Å². The van der Waals surface area contributed by atoms with Crippen LogP contribution in [0.5, 0.6) is 0 Å². The zero-order valence-electron chi connectivity index (χ0n) is 10.4. The molecule has 1 atom stereocenters. The fourth-order valence-corrected chi connectivity index (χ4v) is 3.16.